The topological polar surface area (TPSA) is 49.8 Å². The average molecular weight is 286 g/mol. The summed E-state index contributed by atoms with van der Waals surface area (Å²) in [5.74, 6) is -0.947. The average Bonchev–Trinajstić information content (AvgIpc) is 2.38. The minimum Gasteiger partial charge on any atom is -0.478 e. The molecular formula is C14H20ClNO3. The minimum absolute atomic E-state index is 0.215. The first-order valence-corrected chi connectivity index (χ1v) is 6.67. The Balaban J connectivity index is 3.19. The predicted molar refractivity (Wildman–Crippen MR) is 77.4 cm³/mol. The quantitative estimate of drug-likeness (QED) is 0.835. The lowest BCUT2D eigenvalue weighted by Gasteiger charge is -2.31. The van der Waals surface area contributed by atoms with Crippen LogP contribution >= 0.6 is 11.6 Å². The standard InChI is InChI=1S/C14H20ClNO3/c1-4-10(2)16(7-8-19-3)13-9-11(15)5-6-12(13)14(17)18/h5-6,9-10H,4,7-8H2,1-3H3,(H,17,18). The number of ether oxygens (including phenoxy) is 1. The van der Waals surface area contributed by atoms with E-state index in [1.807, 2.05) is 4.90 Å². The van der Waals surface area contributed by atoms with Crippen molar-refractivity contribution in [3.63, 3.8) is 0 Å². The van der Waals surface area contributed by atoms with Gasteiger partial charge in [0, 0.05) is 24.7 Å². The summed E-state index contributed by atoms with van der Waals surface area (Å²) in [6, 6.07) is 5.06. The fourth-order valence-electron chi connectivity index (χ4n) is 1.91. The van der Waals surface area contributed by atoms with Crippen molar-refractivity contribution in [1.82, 2.24) is 0 Å². The Morgan fingerprint density at radius 1 is 1.53 bits per heavy atom. The van der Waals surface area contributed by atoms with Crippen molar-refractivity contribution in [2.75, 3.05) is 25.2 Å². The zero-order chi connectivity index (χ0) is 14.4. The second-order valence-corrected chi connectivity index (χ2v) is 4.85. The first kappa shape index (κ1) is 15.8. The molecule has 1 aromatic rings. The summed E-state index contributed by atoms with van der Waals surface area (Å²) in [7, 11) is 1.63. The van der Waals surface area contributed by atoms with Crippen molar-refractivity contribution in [1.29, 1.82) is 0 Å². The molecule has 1 unspecified atom stereocenters. The molecule has 1 aromatic carbocycles. The number of hydrogen-bond donors (Lipinski definition) is 1. The van der Waals surface area contributed by atoms with Crippen LogP contribution in [0.25, 0.3) is 0 Å². The molecule has 1 N–H and O–H groups in total. The molecule has 0 saturated heterocycles. The van der Waals surface area contributed by atoms with Crippen molar-refractivity contribution in [2.45, 2.75) is 26.3 Å². The Morgan fingerprint density at radius 2 is 2.21 bits per heavy atom. The summed E-state index contributed by atoms with van der Waals surface area (Å²) in [4.78, 5) is 13.3. The largest absolute Gasteiger partial charge is 0.478 e. The zero-order valence-electron chi connectivity index (χ0n) is 11.5. The van der Waals surface area contributed by atoms with Crippen LogP contribution in [0, 0.1) is 0 Å². The Labute approximate surface area is 118 Å². The maximum atomic E-state index is 11.3. The maximum Gasteiger partial charge on any atom is 0.337 e. The Bertz CT molecular complexity index is 437. The molecule has 0 heterocycles. The molecule has 5 heteroatoms. The van der Waals surface area contributed by atoms with Gasteiger partial charge in [0.2, 0.25) is 0 Å². The lowest BCUT2D eigenvalue weighted by molar-refractivity contribution is 0.0697. The van der Waals surface area contributed by atoms with E-state index in [1.165, 1.54) is 0 Å². The van der Waals surface area contributed by atoms with Crippen LogP contribution in [0.3, 0.4) is 0 Å². The van der Waals surface area contributed by atoms with Gasteiger partial charge in [-0.2, -0.15) is 0 Å². The molecule has 0 aliphatic heterocycles. The van der Waals surface area contributed by atoms with E-state index in [2.05, 4.69) is 13.8 Å². The zero-order valence-corrected chi connectivity index (χ0v) is 12.3. The van der Waals surface area contributed by atoms with E-state index in [-0.39, 0.29) is 11.6 Å². The van der Waals surface area contributed by atoms with Gasteiger partial charge in [-0.25, -0.2) is 4.79 Å². The molecule has 106 valence electrons. The Morgan fingerprint density at radius 3 is 2.74 bits per heavy atom. The van der Waals surface area contributed by atoms with Gasteiger partial charge in [0.1, 0.15) is 0 Å². The number of carboxylic acids is 1. The number of carboxylic acid groups (broad SMARTS) is 1. The minimum atomic E-state index is -0.947. The van der Waals surface area contributed by atoms with Crippen LogP contribution < -0.4 is 4.90 Å². The third kappa shape index (κ3) is 4.11. The number of anilines is 1. The van der Waals surface area contributed by atoms with Crippen LogP contribution in [-0.4, -0.2) is 37.4 Å². The molecular weight excluding hydrogens is 266 g/mol. The van der Waals surface area contributed by atoms with Gasteiger partial charge in [-0.1, -0.05) is 18.5 Å². The maximum absolute atomic E-state index is 11.3. The summed E-state index contributed by atoms with van der Waals surface area (Å²) < 4.78 is 5.10. The number of methoxy groups -OCH3 is 1. The molecule has 19 heavy (non-hydrogen) atoms. The van der Waals surface area contributed by atoms with Crippen molar-refractivity contribution >= 4 is 23.3 Å². The van der Waals surface area contributed by atoms with Crippen molar-refractivity contribution < 1.29 is 14.6 Å². The molecule has 0 spiro atoms. The highest BCUT2D eigenvalue weighted by molar-refractivity contribution is 6.31. The summed E-state index contributed by atoms with van der Waals surface area (Å²) >= 11 is 6.00. The number of halogens is 1. The molecule has 0 radical (unpaired) electrons. The van der Waals surface area contributed by atoms with Gasteiger partial charge in [0.25, 0.3) is 0 Å². The molecule has 0 amide bonds. The van der Waals surface area contributed by atoms with Crippen LogP contribution in [0.15, 0.2) is 18.2 Å². The number of carbonyl (C=O) groups is 1. The highest BCUT2D eigenvalue weighted by Gasteiger charge is 2.19. The third-order valence-corrected chi connectivity index (χ3v) is 3.39. The first-order valence-electron chi connectivity index (χ1n) is 6.29. The second kappa shape index (κ2) is 7.36. The molecule has 4 nitrogen and oxygen atoms in total. The van der Waals surface area contributed by atoms with Crippen LogP contribution in [-0.2, 0) is 4.74 Å². The summed E-state index contributed by atoms with van der Waals surface area (Å²) in [6.45, 7) is 5.29. The molecule has 0 saturated carbocycles. The Hall–Kier alpha value is -1.26. The molecule has 0 fully saturated rings. The van der Waals surface area contributed by atoms with E-state index >= 15 is 0 Å². The van der Waals surface area contributed by atoms with E-state index in [4.69, 9.17) is 16.3 Å². The normalized spacial score (nSPS) is 12.2. The van der Waals surface area contributed by atoms with Crippen molar-refractivity contribution in [3.8, 4) is 0 Å². The van der Waals surface area contributed by atoms with Gasteiger partial charge in [-0.3, -0.25) is 0 Å². The second-order valence-electron chi connectivity index (χ2n) is 4.41. The van der Waals surface area contributed by atoms with E-state index in [1.54, 1.807) is 25.3 Å². The summed E-state index contributed by atoms with van der Waals surface area (Å²) in [5, 5.41) is 9.82. The molecule has 0 aromatic heterocycles. The predicted octanol–water partition coefficient (Wildman–Crippen LogP) is 3.29. The van der Waals surface area contributed by atoms with Gasteiger partial charge in [-0.15, -0.1) is 0 Å². The van der Waals surface area contributed by atoms with Crippen LogP contribution in [0.4, 0.5) is 5.69 Å². The number of benzene rings is 1. The monoisotopic (exact) mass is 285 g/mol. The fourth-order valence-corrected chi connectivity index (χ4v) is 2.08. The SMILES string of the molecule is CCC(C)N(CCOC)c1cc(Cl)ccc1C(=O)O. The fraction of sp³-hybridized carbons (Fsp3) is 0.500. The molecule has 0 aliphatic rings. The van der Waals surface area contributed by atoms with E-state index in [9.17, 15) is 9.90 Å². The van der Waals surface area contributed by atoms with E-state index < -0.39 is 5.97 Å². The van der Waals surface area contributed by atoms with Gasteiger partial charge < -0.3 is 14.7 Å². The molecule has 1 rings (SSSR count). The number of nitrogens with zero attached hydrogens (tertiary/aromatic N) is 1. The van der Waals surface area contributed by atoms with Gasteiger partial charge >= 0.3 is 5.97 Å². The third-order valence-electron chi connectivity index (χ3n) is 3.16. The van der Waals surface area contributed by atoms with Crippen molar-refractivity contribution in [2.24, 2.45) is 0 Å². The van der Waals surface area contributed by atoms with E-state index in [0.717, 1.165) is 6.42 Å². The molecule has 0 bridgehead atoms. The van der Waals surface area contributed by atoms with Crippen LogP contribution in [0.5, 0.6) is 0 Å². The number of rotatable bonds is 7. The lowest BCUT2D eigenvalue weighted by atomic mass is 10.1. The smallest absolute Gasteiger partial charge is 0.337 e. The van der Waals surface area contributed by atoms with E-state index in [0.29, 0.717) is 23.9 Å². The van der Waals surface area contributed by atoms with Crippen LogP contribution in [0.1, 0.15) is 30.6 Å². The Kier molecular flexibility index (Phi) is 6.12. The first-order chi connectivity index (χ1) is 9.01. The number of aromatic carboxylic acids is 1. The van der Waals surface area contributed by atoms with Crippen LogP contribution in [0.2, 0.25) is 5.02 Å². The van der Waals surface area contributed by atoms with Gasteiger partial charge in [0.15, 0.2) is 0 Å². The molecule has 0 aliphatic carbocycles. The summed E-state index contributed by atoms with van der Waals surface area (Å²) in [5.41, 5.74) is 0.909. The van der Waals surface area contributed by atoms with Gasteiger partial charge in [-0.05, 0) is 31.5 Å². The molecule has 1 atom stereocenters. The number of hydrogen-bond acceptors (Lipinski definition) is 3. The van der Waals surface area contributed by atoms with Crippen molar-refractivity contribution in [3.05, 3.63) is 28.8 Å². The lowest BCUT2D eigenvalue weighted by Crippen LogP contribution is -2.36. The van der Waals surface area contributed by atoms with Gasteiger partial charge in [0.05, 0.1) is 17.9 Å². The highest BCUT2D eigenvalue weighted by Crippen LogP contribution is 2.27. The highest BCUT2D eigenvalue weighted by atomic mass is 35.5. The summed E-state index contributed by atoms with van der Waals surface area (Å²) in [6.07, 6.45) is 0.912.